The molecule has 15 heavy (non-hydrogen) atoms. The molecular formula is C13H21NO. The highest BCUT2D eigenvalue weighted by molar-refractivity contribution is 5.30. The molecule has 0 bridgehead atoms. The van der Waals surface area contributed by atoms with E-state index in [0.29, 0.717) is 6.04 Å². The molecule has 1 aromatic rings. The van der Waals surface area contributed by atoms with Gasteiger partial charge in [-0.1, -0.05) is 29.3 Å². The number of hydrogen-bond donors (Lipinski definition) is 1. The zero-order valence-electron chi connectivity index (χ0n) is 10.1. The molecule has 1 rings (SSSR count). The van der Waals surface area contributed by atoms with Crippen molar-refractivity contribution >= 4 is 0 Å². The molecule has 0 amide bonds. The summed E-state index contributed by atoms with van der Waals surface area (Å²) in [6, 6.07) is 7.07. The van der Waals surface area contributed by atoms with Gasteiger partial charge in [-0.3, -0.25) is 0 Å². The van der Waals surface area contributed by atoms with Crippen LogP contribution in [0.2, 0.25) is 0 Å². The predicted octanol–water partition coefficient (Wildman–Crippen LogP) is 2.60. The molecule has 0 aromatic heterocycles. The Morgan fingerprint density at radius 3 is 2.27 bits per heavy atom. The third kappa shape index (κ3) is 3.65. The van der Waals surface area contributed by atoms with Crippen LogP contribution in [0.25, 0.3) is 0 Å². The fraction of sp³-hybridized carbons (Fsp3) is 0.538. The van der Waals surface area contributed by atoms with E-state index in [2.05, 4.69) is 37.4 Å². The van der Waals surface area contributed by atoms with Crippen molar-refractivity contribution in [3.05, 3.63) is 34.9 Å². The molecule has 0 radical (unpaired) electrons. The summed E-state index contributed by atoms with van der Waals surface area (Å²) in [7, 11) is 3.74. The highest BCUT2D eigenvalue weighted by Crippen LogP contribution is 2.19. The monoisotopic (exact) mass is 207 g/mol. The van der Waals surface area contributed by atoms with Crippen LogP contribution in [-0.4, -0.2) is 20.8 Å². The summed E-state index contributed by atoms with van der Waals surface area (Å²) >= 11 is 0. The largest absolute Gasteiger partial charge is 0.385 e. The van der Waals surface area contributed by atoms with Crippen LogP contribution >= 0.6 is 0 Å². The molecule has 1 N–H and O–H groups in total. The molecule has 0 saturated carbocycles. The fourth-order valence-electron chi connectivity index (χ4n) is 1.92. The Morgan fingerprint density at radius 1 is 1.20 bits per heavy atom. The van der Waals surface area contributed by atoms with Crippen LogP contribution in [0, 0.1) is 13.8 Å². The molecule has 84 valence electrons. The third-order valence-electron chi connectivity index (χ3n) is 2.61. The SMILES string of the molecule is CNC(CCOC)c1cc(C)cc(C)c1. The molecule has 0 aliphatic rings. The lowest BCUT2D eigenvalue weighted by molar-refractivity contribution is 0.184. The van der Waals surface area contributed by atoms with Gasteiger partial charge in [0.15, 0.2) is 0 Å². The van der Waals surface area contributed by atoms with E-state index in [0.717, 1.165) is 13.0 Å². The second kappa shape index (κ2) is 5.89. The van der Waals surface area contributed by atoms with Crippen molar-refractivity contribution in [1.29, 1.82) is 0 Å². The van der Waals surface area contributed by atoms with Gasteiger partial charge in [-0.2, -0.15) is 0 Å². The summed E-state index contributed by atoms with van der Waals surface area (Å²) in [6.45, 7) is 5.07. The standard InChI is InChI=1S/C13H21NO/c1-10-7-11(2)9-12(8-10)13(14-3)5-6-15-4/h7-9,13-14H,5-6H2,1-4H3. The number of rotatable bonds is 5. The maximum atomic E-state index is 5.12. The Balaban J connectivity index is 2.81. The van der Waals surface area contributed by atoms with E-state index in [9.17, 15) is 0 Å². The van der Waals surface area contributed by atoms with Crippen molar-refractivity contribution in [2.24, 2.45) is 0 Å². The van der Waals surface area contributed by atoms with Crippen molar-refractivity contribution in [1.82, 2.24) is 5.32 Å². The Labute approximate surface area is 92.6 Å². The van der Waals surface area contributed by atoms with Gasteiger partial charge in [0.2, 0.25) is 0 Å². The second-order valence-corrected chi connectivity index (χ2v) is 4.04. The molecule has 1 aromatic carbocycles. The molecule has 0 saturated heterocycles. The molecule has 0 spiro atoms. The number of aryl methyl sites for hydroxylation is 2. The van der Waals surface area contributed by atoms with E-state index in [1.54, 1.807) is 7.11 Å². The lowest BCUT2D eigenvalue weighted by Gasteiger charge is -2.17. The molecule has 0 fully saturated rings. The van der Waals surface area contributed by atoms with Gasteiger partial charge in [0, 0.05) is 19.8 Å². The first-order chi connectivity index (χ1) is 7.17. The molecule has 1 atom stereocenters. The quantitative estimate of drug-likeness (QED) is 0.801. The average molecular weight is 207 g/mol. The van der Waals surface area contributed by atoms with Crippen LogP contribution in [-0.2, 0) is 4.74 Å². The molecule has 1 unspecified atom stereocenters. The van der Waals surface area contributed by atoms with Crippen molar-refractivity contribution in [3.8, 4) is 0 Å². The van der Waals surface area contributed by atoms with Crippen LogP contribution < -0.4 is 5.32 Å². The Kier molecular flexibility index (Phi) is 4.79. The van der Waals surface area contributed by atoms with Crippen molar-refractivity contribution < 1.29 is 4.74 Å². The molecule has 2 nitrogen and oxygen atoms in total. The number of ether oxygens (including phenoxy) is 1. The fourth-order valence-corrected chi connectivity index (χ4v) is 1.92. The highest BCUT2D eigenvalue weighted by Gasteiger charge is 2.09. The highest BCUT2D eigenvalue weighted by atomic mass is 16.5. The van der Waals surface area contributed by atoms with Gasteiger partial charge in [-0.15, -0.1) is 0 Å². The third-order valence-corrected chi connectivity index (χ3v) is 2.61. The van der Waals surface area contributed by atoms with Gasteiger partial charge in [0.1, 0.15) is 0 Å². The Morgan fingerprint density at radius 2 is 1.80 bits per heavy atom. The van der Waals surface area contributed by atoms with Gasteiger partial charge in [0.25, 0.3) is 0 Å². The van der Waals surface area contributed by atoms with E-state index in [1.807, 2.05) is 7.05 Å². The van der Waals surface area contributed by atoms with E-state index in [4.69, 9.17) is 4.74 Å². The summed E-state index contributed by atoms with van der Waals surface area (Å²) in [5.41, 5.74) is 4.00. The predicted molar refractivity (Wildman–Crippen MR) is 64.2 cm³/mol. The van der Waals surface area contributed by atoms with Gasteiger partial charge < -0.3 is 10.1 Å². The molecule has 0 aliphatic carbocycles. The summed E-state index contributed by atoms with van der Waals surface area (Å²) in [5, 5.41) is 3.33. The normalized spacial score (nSPS) is 12.8. The Bertz CT molecular complexity index is 289. The van der Waals surface area contributed by atoms with Gasteiger partial charge in [0.05, 0.1) is 0 Å². The maximum Gasteiger partial charge on any atom is 0.0480 e. The summed E-state index contributed by atoms with van der Waals surface area (Å²) in [5.74, 6) is 0. The van der Waals surface area contributed by atoms with Gasteiger partial charge >= 0.3 is 0 Å². The van der Waals surface area contributed by atoms with E-state index < -0.39 is 0 Å². The second-order valence-electron chi connectivity index (χ2n) is 4.04. The van der Waals surface area contributed by atoms with Crippen molar-refractivity contribution in [2.45, 2.75) is 26.3 Å². The van der Waals surface area contributed by atoms with E-state index in [-0.39, 0.29) is 0 Å². The Hall–Kier alpha value is -0.860. The topological polar surface area (TPSA) is 21.3 Å². The number of nitrogens with one attached hydrogen (secondary N) is 1. The van der Waals surface area contributed by atoms with Crippen LogP contribution in [0.5, 0.6) is 0 Å². The minimum atomic E-state index is 0.392. The molecule has 0 aliphatic heterocycles. The minimum absolute atomic E-state index is 0.392. The van der Waals surface area contributed by atoms with Crippen molar-refractivity contribution in [3.63, 3.8) is 0 Å². The zero-order valence-corrected chi connectivity index (χ0v) is 10.1. The molecule has 2 heteroatoms. The number of methoxy groups -OCH3 is 1. The average Bonchev–Trinajstić information content (AvgIpc) is 2.17. The summed E-state index contributed by atoms with van der Waals surface area (Å²) in [6.07, 6.45) is 1.01. The van der Waals surface area contributed by atoms with Crippen LogP contribution in [0.3, 0.4) is 0 Å². The number of hydrogen-bond acceptors (Lipinski definition) is 2. The lowest BCUT2D eigenvalue weighted by Crippen LogP contribution is -2.18. The summed E-state index contributed by atoms with van der Waals surface area (Å²) in [4.78, 5) is 0. The van der Waals surface area contributed by atoms with Gasteiger partial charge in [-0.25, -0.2) is 0 Å². The van der Waals surface area contributed by atoms with E-state index >= 15 is 0 Å². The first-order valence-corrected chi connectivity index (χ1v) is 5.41. The lowest BCUT2D eigenvalue weighted by atomic mass is 9.99. The number of benzene rings is 1. The zero-order chi connectivity index (χ0) is 11.3. The first kappa shape index (κ1) is 12.2. The first-order valence-electron chi connectivity index (χ1n) is 5.41. The maximum absolute atomic E-state index is 5.12. The molecule has 0 heterocycles. The minimum Gasteiger partial charge on any atom is -0.385 e. The van der Waals surface area contributed by atoms with Crippen LogP contribution in [0.4, 0.5) is 0 Å². The van der Waals surface area contributed by atoms with E-state index in [1.165, 1.54) is 16.7 Å². The smallest absolute Gasteiger partial charge is 0.0480 e. The summed E-state index contributed by atoms with van der Waals surface area (Å²) < 4.78 is 5.12. The molecular weight excluding hydrogens is 186 g/mol. The van der Waals surface area contributed by atoms with Crippen molar-refractivity contribution in [2.75, 3.05) is 20.8 Å². The van der Waals surface area contributed by atoms with Gasteiger partial charge in [-0.05, 0) is 32.9 Å². The van der Waals surface area contributed by atoms with Crippen LogP contribution in [0.1, 0.15) is 29.2 Å². The van der Waals surface area contributed by atoms with Crippen LogP contribution in [0.15, 0.2) is 18.2 Å².